The fourth-order valence-corrected chi connectivity index (χ4v) is 0.801. The maximum atomic E-state index is 4.06. The zero-order valence-corrected chi connectivity index (χ0v) is 6.91. The van der Waals surface area contributed by atoms with Crippen molar-refractivity contribution in [2.75, 3.05) is 19.0 Å². The van der Waals surface area contributed by atoms with Gasteiger partial charge in [-0.15, -0.1) is 0 Å². The molecule has 1 rings (SSSR count). The summed E-state index contributed by atoms with van der Waals surface area (Å²) in [4.78, 5) is 6.08. The van der Waals surface area contributed by atoms with E-state index in [0.717, 1.165) is 11.2 Å². The van der Waals surface area contributed by atoms with Gasteiger partial charge in [0.15, 0.2) is 0 Å². The molecule has 1 heterocycles. The Balaban J connectivity index is 3.00. The Bertz CT molecular complexity index is 258. The van der Waals surface area contributed by atoms with Crippen LogP contribution in [0.25, 0.3) is 0 Å². The van der Waals surface area contributed by atoms with Crippen molar-refractivity contribution >= 4 is 24.5 Å². The molecule has 0 amide bonds. The van der Waals surface area contributed by atoms with Gasteiger partial charge in [-0.3, -0.25) is 0 Å². The van der Waals surface area contributed by atoms with Gasteiger partial charge in [0.05, 0.1) is 0 Å². The number of nitrogens with zero attached hydrogens (tertiary/aromatic N) is 2. The molecule has 0 atom stereocenters. The van der Waals surface area contributed by atoms with Crippen LogP contribution in [0.5, 0.6) is 0 Å². The van der Waals surface area contributed by atoms with Crippen molar-refractivity contribution in [1.82, 2.24) is 4.98 Å². The van der Waals surface area contributed by atoms with Crippen molar-refractivity contribution in [1.29, 1.82) is 0 Å². The Hall–Kier alpha value is -1.12. The first-order chi connectivity index (χ1) is 5.24. The third-order valence-electron chi connectivity index (χ3n) is 1.50. The Labute approximate surface area is 67.8 Å². The summed E-state index contributed by atoms with van der Waals surface area (Å²) in [5, 5.41) is 0. The predicted molar refractivity (Wildman–Crippen MR) is 51.1 cm³/mol. The fraction of sp³-hybridized carbons (Fsp3) is 0.250. The van der Waals surface area contributed by atoms with Crippen LogP contribution in [0.1, 0.15) is 0 Å². The molecule has 0 spiro atoms. The molecule has 1 aromatic rings. The van der Waals surface area contributed by atoms with E-state index in [2.05, 4.69) is 11.5 Å². The van der Waals surface area contributed by atoms with Crippen LogP contribution in [0.15, 0.2) is 18.5 Å². The molecule has 0 aliphatic carbocycles. The Morgan fingerprint density at radius 3 is 2.73 bits per heavy atom. The predicted octanol–water partition coefficient (Wildman–Crippen LogP) is -0.0909. The van der Waals surface area contributed by atoms with E-state index in [9.17, 15) is 0 Å². The van der Waals surface area contributed by atoms with Crippen LogP contribution in [0.4, 0.5) is 5.69 Å². The van der Waals surface area contributed by atoms with E-state index < -0.39 is 0 Å². The molecule has 0 aliphatic rings. The molecule has 0 bridgehead atoms. The zero-order chi connectivity index (χ0) is 8.27. The Kier molecular flexibility index (Phi) is 2.42. The molecule has 0 saturated carbocycles. The average Bonchev–Trinajstić information content (AvgIpc) is 2.05. The maximum absolute atomic E-state index is 4.06. The first kappa shape index (κ1) is 7.99. The third kappa shape index (κ3) is 1.90. The summed E-state index contributed by atoms with van der Waals surface area (Å²) in [5.74, 6) is 0. The second-order valence-electron chi connectivity index (χ2n) is 2.58. The topological polar surface area (TPSA) is 16.1 Å². The van der Waals surface area contributed by atoms with Gasteiger partial charge >= 0.3 is 67.0 Å². The number of hydrogen-bond donors (Lipinski definition) is 0. The van der Waals surface area contributed by atoms with Gasteiger partial charge in [0.2, 0.25) is 0 Å². The molecule has 0 radical (unpaired) electrons. The first-order valence-corrected chi connectivity index (χ1v) is 3.49. The van der Waals surface area contributed by atoms with Gasteiger partial charge < -0.3 is 0 Å². The van der Waals surface area contributed by atoms with E-state index >= 15 is 0 Å². The van der Waals surface area contributed by atoms with E-state index in [1.165, 1.54) is 0 Å². The van der Waals surface area contributed by atoms with E-state index in [1.807, 2.05) is 31.3 Å². The standard InChI is InChI=1S/C8H11BN2/c1-9-7-4-8(11(2)3)6-10-5-7/h4-6H,1H2,2-3H3. The number of pyridine rings is 1. The van der Waals surface area contributed by atoms with Crippen LogP contribution >= 0.6 is 0 Å². The molecular weight excluding hydrogens is 135 g/mol. The van der Waals surface area contributed by atoms with Crippen molar-refractivity contribution < 1.29 is 0 Å². The summed E-state index contributed by atoms with van der Waals surface area (Å²) in [6.45, 7) is 5.46. The molecule has 0 aromatic carbocycles. The van der Waals surface area contributed by atoms with Gasteiger partial charge in [-0.2, -0.15) is 0 Å². The minimum atomic E-state index is 1.05. The van der Waals surface area contributed by atoms with Gasteiger partial charge in [-0.25, -0.2) is 0 Å². The van der Waals surface area contributed by atoms with Crippen LogP contribution in [-0.2, 0) is 0 Å². The Morgan fingerprint density at radius 2 is 2.18 bits per heavy atom. The van der Waals surface area contributed by atoms with Gasteiger partial charge in [0.1, 0.15) is 0 Å². The third-order valence-corrected chi connectivity index (χ3v) is 1.50. The van der Waals surface area contributed by atoms with Crippen molar-refractivity contribution in [2.45, 2.75) is 0 Å². The monoisotopic (exact) mass is 146 g/mol. The fourth-order valence-electron chi connectivity index (χ4n) is 0.801. The van der Waals surface area contributed by atoms with Crippen molar-refractivity contribution in [3.8, 4) is 0 Å². The van der Waals surface area contributed by atoms with E-state index in [4.69, 9.17) is 0 Å². The molecule has 0 unspecified atom stereocenters. The second kappa shape index (κ2) is 3.33. The van der Waals surface area contributed by atoms with E-state index in [0.29, 0.717) is 0 Å². The molecule has 1 aromatic heterocycles. The zero-order valence-electron chi connectivity index (χ0n) is 6.91. The van der Waals surface area contributed by atoms with Crippen LogP contribution in [-0.4, -0.2) is 32.5 Å². The van der Waals surface area contributed by atoms with Crippen molar-refractivity contribution in [2.24, 2.45) is 0 Å². The number of rotatable bonds is 2. The summed E-state index contributed by atoms with van der Waals surface area (Å²) in [6.07, 6.45) is 3.62. The molecule has 0 saturated heterocycles. The number of aromatic nitrogens is 1. The van der Waals surface area contributed by atoms with Crippen LogP contribution in [0.3, 0.4) is 0 Å². The molecule has 11 heavy (non-hydrogen) atoms. The molecule has 2 nitrogen and oxygen atoms in total. The number of hydrogen-bond acceptors (Lipinski definition) is 2. The molecule has 56 valence electrons. The second-order valence-corrected chi connectivity index (χ2v) is 2.58. The molecule has 0 N–H and O–H groups in total. The van der Waals surface area contributed by atoms with Crippen LogP contribution in [0, 0.1) is 0 Å². The molecule has 0 aliphatic heterocycles. The Morgan fingerprint density at radius 1 is 1.45 bits per heavy atom. The SMILES string of the molecule is C=Bc1cncc(N(C)C)c1. The van der Waals surface area contributed by atoms with Gasteiger partial charge in [0, 0.05) is 0 Å². The van der Waals surface area contributed by atoms with E-state index in [1.54, 1.807) is 13.1 Å². The summed E-state index contributed by atoms with van der Waals surface area (Å²) in [7, 11) is 3.98. The average molecular weight is 146 g/mol. The van der Waals surface area contributed by atoms with Crippen molar-refractivity contribution in [3.05, 3.63) is 18.5 Å². The summed E-state index contributed by atoms with van der Waals surface area (Å²) in [6, 6.07) is 2.04. The summed E-state index contributed by atoms with van der Waals surface area (Å²) < 4.78 is 0. The van der Waals surface area contributed by atoms with Gasteiger partial charge in [0.25, 0.3) is 0 Å². The number of anilines is 1. The molecule has 3 heteroatoms. The van der Waals surface area contributed by atoms with Gasteiger partial charge in [-0.05, 0) is 0 Å². The summed E-state index contributed by atoms with van der Waals surface area (Å²) in [5.41, 5.74) is 2.15. The summed E-state index contributed by atoms with van der Waals surface area (Å²) >= 11 is 0. The minimum absolute atomic E-state index is 1.05. The van der Waals surface area contributed by atoms with Crippen molar-refractivity contribution in [3.63, 3.8) is 0 Å². The first-order valence-electron chi connectivity index (χ1n) is 3.49. The van der Waals surface area contributed by atoms with Crippen LogP contribution < -0.4 is 10.4 Å². The van der Waals surface area contributed by atoms with Crippen LogP contribution in [0.2, 0.25) is 0 Å². The molecule has 0 fully saturated rings. The molecular formula is C8H11BN2. The quantitative estimate of drug-likeness (QED) is 0.542. The normalized spacial score (nSPS) is 8.91. The van der Waals surface area contributed by atoms with Gasteiger partial charge in [-0.1, -0.05) is 0 Å². The van der Waals surface area contributed by atoms with E-state index in [-0.39, 0.29) is 0 Å².